The second kappa shape index (κ2) is 5.94. The van der Waals surface area contributed by atoms with E-state index in [4.69, 9.17) is 9.84 Å². The lowest BCUT2D eigenvalue weighted by atomic mass is 10.5. The first kappa shape index (κ1) is 13.3. The lowest BCUT2D eigenvalue weighted by Crippen LogP contribution is -2.38. The van der Waals surface area contributed by atoms with Crippen molar-refractivity contribution >= 4 is 16.0 Å². The van der Waals surface area contributed by atoms with E-state index in [0.29, 0.717) is 13.0 Å². The van der Waals surface area contributed by atoms with Crippen molar-refractivity contribution in [2.75, 3.05) is 20.3 Å². The number of aliphatic carboxylic acids is 1. The number of hydrogen-bond acceptors (Lipinski definition) is 4. The van der Waals surface area contributed by atoms with Crippen LogP contribution in [0.2, 0.25) is 0 Å². The Morgan fingerprint density at radius 2 is 2.14 bits per heavy atom. The molecule has 0 aromatic rings. The third-order valence-corrected chi connectivity index (χ3v) is 3.38. The van der Waals surface area contributed by atoms with Crippen LogP contribution in [0.3, 0.4) is 0 Å². The molecule has 1 atom stereocenters. The van der Waals surface area contributed by atoms with Crippen LogP contribution in [-0.2, 0) is 19.6 Å². The summed E-state index contributed by atoms with van der Waals surface area (Å²) in [6, 6.07) is 0. The van der Waals surface area contributed by atoms with E-state index in [9.17, 15) is 13.2 Å². The van der Waals surface area contributed by atoms with Crippen LogP contribution in [0.4, 0.5) is 0 Å². The molecule has 1 unspecified atom stereocenters. The molecule has 7 heteroatoms. The highest BCUT2D eigenvalue weighted by atomic mass is 32.2. The Labute approximate surface area is 83.3 Å². The van der Waals surface area contributed by atoms with Crippen LogP contribution in [0.25, 0.3) is 0 Å². The summed E-state index contributed by atoms with van der Waals surface area (Å²) in [7, 11) is -2.24. The van der Waals surface area contributed by atoms with Gasteiger partial charge in [-0.05, 0) is 13.3 Å². The smallest absolute Gasteiger partial charge is 0.323 e. The predicted molar refractivity (Wildman–Crippen MR) is 50.5 cm³/mol. The standard InChI is InChI=1S/C7H15NO5S/c1-6(7(9)10)14(11,12)8-4-3-5-13-2/h6,8H,3-5H2,1-2H3,(H,9,10). The van der Waals surface area contributed by atoms with Crippen molar-refractivity contribution in [1.29, 1.82) is 0 Å². The topological polar surface area (TPSA) is 92.7 Å². The van der Waals surface area contributed by atoms with E-state index in [-0.39, 0.29) is 6.54 Å². The van der Waals surface area contributed by atoms with Crippen LogP contribution in [0.15, 0.2) is 0 Å². The first-order valence-electron chi connectivity index (χ1n) is 4.12. The highest BCUT2D eigenvalue weighted by Crippen LogP contribution is 1.97. The summed E-state index contributed by atoms with van der Waals surface area (Å²) in [5.74, 6) is -1.36. The second-order valence-electron chi connectivity index (χ2n) is 2.77. The second-order valence-corrected chi connectivity index (χ2v) is 4.85. The Kier molecular flexibility index (Phi) is 5.66. The lowest BCUT2D eigenvalue weighted by Gasteiger charge is -2.09. The van der Waals surface area contributed by atoms with Gasteiger partial charge < -0.3 is 9.84 Å². The Morgan fingerprint density at radius 1 is 1.57 bits per heavy atom. The molecule has 0 bridgehead atoms. The number of rotatable bonds is 7. The van der Waals surface area contributed by atoms with Gasteiger partial charge in [0, 0.05) is 20.3 Å². The molecule has 0 aliphatic rings. The van der Waals surface area contributed by atoms with E-state index in [0.717, 1.165) is 6.92 Å². The maximum atomic E-state index is 11.2. The molecule has 2 N–H and O–H groups in total. The Bertz CT molecular complexity index is 274. The van der Waals surface area contributed by atoms with E-state index in [1.165, 1.54) is 7.11 Å². The normalized spacial score (nSPS) is 13.9. The first-order chi connectivity index (χ1) is 6.41. The van der Waals surface area contributed by atoms with E-state index >= 15 is 0 Å². The summed E-state index contributed by atoms with van der Waals surface area (Å²) < 4.78 is 29.3. The maximum Gasteiger partial charge on any atom is 0.323 e. The molecule has 0 fully saturated rings. The zero-order valence-corrected chi connectivity index (χ0v) is 9.00. The molecule has 0 saturated heterocycles. The maximum absolute atomic E-state index is 11.2. The van der Waals surface area contributed by atoms with Gasteiger partial charge in [0.05, 0.1) is 0 Å². The average molecular weight is 225 g/mol. The van der Waals surface area contributed by atoms with E-state index < -0.39 is 21.2 Å². The molecule has 0 aliphatic carbocycles. The number of methoxy groups -OCH3 is 1. The Morgan fingerprint density at radius 3 is 2.57 bits per heavy atom. The zero-order chi connectivity index (χ0) is 11.2. The van der Waals surface area contributed by atoms with Crippen molar-refractivity contribution in [1.82, 2.24) is 4.72 Å². The van der Waals surface area contributed by atoms with Crippen molar-refractivity contribution in [2.24, 2.45) is 0 Å². The van der Waals surface area contributed by atoms with Crippen molar-refractivity contribution in [3.05, 3.63) is 0 Å². The van der Waals surface area contributed by atoms with Gasteiger partial charge in [-0.2, -0.15) is 0 Å². The number of carbonyl (C=O) groups is 1. The molecular weight excluding hydrogens is 210 g/mol. The van der Waals surface area contributed by atoms with Crippen molar-refractivity contribution in [3.63, 3.8) is 0 Å². The molecule has 0 aromatic heterocycles. The number of hydrogen-bond donors (Lipinski definition) is 2. The quantitative estimate of drug-likeness (QED) is 0.565. The first-order valence-corrected chi connectivity index (χ1v) is 5.66. The summed E-state index contributed by atoms with van der Waals surface area (Å²) in [6.07, 6.45) is 0.516. The lowest BCUT2D eigenvalue weighted by molar-refractivity contribution is -0.136. The SMILES string of the molecule is COCCCNS(=O)(=O)C(C)C(=O)O. The fourth-order valence-corrected chi connectivity index (χ4v) is 1.63. The molecule has 84 valence electrons. The van der Waals surface area contributed by atoms with Crippen LogP contribution < -0.4 is 4.72 Å². The van der Waals surface area contributed by atoms with Gasteiger partial charge in [0.25, 0.3) is 0 Å². The average Bonchev–Trinajstić information content (AvgIpc) is 2.11. The van der Waals surface area contributed by atoms with Crippen LogP contribution in [-0.4, -0.2) is 45.0 Å². The molecule has 14 heavy (non-hydrogen) atoms. The molecule has 0 rings (SSSR count). The fourth-order valence-electron chi connectivity index (χ4n) is 0.689. The third-order valence-electron chi connectivity index (χ3n) is 1.64. The number of ether oxygens (including phenoxy) is 1. The largest absolute Gasteiger partial charge is 0.480 e. The highest BCUT2D eigenvalue weighted by molar-refractivity contribution is 7.90. The van der Waals surface area contributed by atoms with Gasteiger partial charge >= 0.3 is 5.97 Å². The van der Waals surface area contributed by atoms with Crippen molar-refractivity contribution < 1.29 is 23.1 Å². The van der Waals surface area contributed by atoms with Crippen LogP contribution in [0.1, 0.15) is 13.3 Å². The molecule has 0 saturated carbocycles. The van der Waals surface area contributed by atoms with E-state index in [2.05, 4.69) is 4.72 Å². The predicted octanol–water partition coefficient (Wildman–Crippen LogP) is -0.585. The molecule has 0 heterocycles. The third kappa shape index (κ3) is 4.54. The van der Waals surface area contributed by atoms with E-state index in [1.807, 2.05) is 0 Å². The molecule has 0 radical (unpaired) electrons. The number of carboxylic acid groups (broad SMARTS) is 1. The summed E-state index contributed by atoms with van der Waals surface area (Å²) in [5, 5.41) is 7.05. The van der Waals surface area contributed by atoms with Gasteiger partial charge in [0.1, 0.15) is 0 Å². The minimum atomic E-state index is -3.75. The van der Waals surface area contributed by atoms with Crippen molar-refractivity contribution in [3.8, 4) is 0 Å². The number of nitrogens with one attached hydrogen (secondary N) is 1. The van der Waals surface area contributed by atoms with E-state index in [1.54, 1.807) is 0 Å². The molecular formula is C7H15NO5S. The van der Waals surface area contributed by atoms with Gasteiger partial charge in [0.2, 0.25) is 10.0 Å². The van der Waals surface area contributed by atoms with Crippen LogP contribution in [0.5, 0.6) is 0 Å². The number of sulfonamides is 1. The molecule has 0 aromatic carbocycles. The minimum Gasteiger partial charge on any atom is -0.480 e. The highest BCUT2D eigenvalue weighted by Gasteiger charge is 2.26. The number of carboxylic acids is 1. The van der Waals surface area contributed by atoms with Crippen LogP contribution in [0, 0.1) is 0 Å². The van der Waals surface area contributed by atoms with Crippen LogP contribution >= 0.6 is 0 Å². The van der Waals surface area contributed by atoms with Gasteiger partial charge in [0.15, 0.2) is 5.25 Å². The monoisotopic (exact) mass is 225 g/mol. The molecule has 0 aliphatic heterocycles. The molecule has 0 spiro atoms. The summed E-state index contributed by atoms with van der Waals surface area (Å²) in [4.78, 5) is 10.4. The van der Waals surface area contributed by atoms with Gasteiger partial charge in [-0.1, -0.05) is 0 Å². The minimum absolute atomic E-state index is 0.188. The molecule has 6 nitrogen and oxygen atoms in total. The summed E-state index contributed by atoms with van der Waals surface area (Å²) in [6.45, 7) is 1.75. The van der Waals surface area contributed by atoms with Gasteiger partial charge in [-0.3, -0.25) is 4.79 Å². The van der Waals surface area contributed by atoms with Crippen molar-refractivity contribution in [2.45, 2.75) is 18.6 Å². The van der Waals surface area contributed by atoms with Gasteiger partial charge in [-0.25, -0.2) is 13.1 Å². The molecule has 0 amide bonds. The Balaban J connectivity index is 4.02. The van der Waals surface area contributed by atoms with Gasteiger partial charge in [-0.15, -0.1) is 0 Å². The Hall–Kier alpha value is -0.660. The summed E-state index contributed by atoms with van der Waals surface area (Å²) in [5.41, 5.74) is 0. The summed E-state index contributed by atoms with van der Waals surface area (Å²) >= 11 is 0. The zero-order valence-electron chi connectivity index (χ0n) is 8.19. The fraction of sp³-hybridized carbons (Fsp3) is 0.857.